The molecule has 8 heavy (non-hydrogen) atoms. The van der Waals surface area contributed by atoms with Gasteiger partial charge in [0.05, 0.1) is 6.61 Å². The first-order valence-electron chi connectivity index (χ1n) is 2.60. The zero-order valence-corrected chi connectivity index (χ0v) is 5.44. The summed E-state index contributed by atoms with van der Waals surface area (Å²) in [6.45, 7) is 6.67. The maximum atomic E-state index is 4.96. The Hall–Kier alpha value is -0.500. The Morgan fingerprint density at radius 1 is 1.62 bits per heavy atom. The number of methoxy groups -OCH3 is 1. The highest BCUT2D eigenvalue weighted by atomic mass is 16.5. The molecule has 0 bridgehead atoms. The second-order valence-electron chi connectivity index (χ2n) is 1.40. The zero-order valence-electron chi connectivity index (χ0n) is 5.44. The number of hydrogen-bond acceptors (Lipinski definition) is 2. The van der Waals surface area contributed by atoms with Gasteiger partial charge in [-0.2, -0.15) is 0 Å². The van der Waals surface area contributed by atoms with Crippen molar-refractivity contribution in [2.75, 3.05) is 20.3 Å². The lowest BCUT2D eigenvalue weighted by Gasteiger charge is -2.03. The Morgan fingerprint density at radius 2 is 2.25 bits per heavy atom. The van der Waals surface area contributed by atoms with Crippen molar-refractivity contribution in [3.8, 4) is 0 Å². The van der Waals surface area contributed by atoms with Crippen LogP contribution in [0.1, 0.15) is 6.92 Å². The lowest BCUT2D eigenvalue weighted by atomic mass is 10.6. The molecule has 0 fully saturated rings. The maximum Gasteiger partial charge on any atom is 0.114 e. The second kappa shape index (κ2) is 4.65. The molecular weight excluding hydrogens is 104 g/mol. The van der Waals surface area contributed by atoms with E-state index in [0.29, 0.717) is 19.0 Å². The third-order valence-electron chi connectivity index (χ3n) is 0.654. The van der Waals surface area contributed by atoms with Crippen LogP contribution in [0.5, 0.6) is 0 Å². The maximum absolute atomic E-state index is 4.96. The van der Waals surface area contributed by atoms with Gasteiger partial charge in [0, 0.05) is 7.11 Å². The van der Waals surface area contributed by atoms with Crippen LogP contribution >= 0.6 is 0 Å². The lowest BCUT2D eigenvalue weighted by Crippen LogP contribution is -1.96. The van der Waals surface area contributed by atoms with Gasteiger partial charge in [-0.05, 0) is 6.92 Å². The molecule has 0 rings (SSSR count). The fraction of sp³-hybridized carbons (Fsp3) is 0.667. The van der Waals surface area contributed by atoms with E-state index in [1.165, 1.54) is 0 Å². The summed E-state index contributed by atoms with van der Waals surface area (Å²) < 4.78 is 9.69. The van der Waals surface area contributed by atoms with Gasteiger partial charge in [0.2, 0.25) is 0 Å². The highest BCUT2D eigenvalue weighted by Crippen LogP contribution is 1.90. The monoisotopic (exact) mass is 116 g/mol. The quantitative estimate of drug-likeness (QED) is 0.513. The van der Waals surface area contributed by atoms with Crippen LogP contribution in [-0.4, -0.2) is 20.3 Å². The predicted octanol–water partition coefficient (Wildman–Crippen LogP) is 1.18. The molecule has 0 radical (unpaired) electrons. The van der Waals surface area contributed by atoms with E-state index in [9.17, 15) is 0 Å². The SMILES string of the molecule is C=C(COC)OCC. The van der Waals surface area contributed by atoms with Gasteiger partial charge in [0.1, 0.15) is 12.4 Å². The Bertz CT molecular complexity index is 60.9. The largest absolute Gasteiger partial charge is 0.496 e. The van der Waals surface area contributed by atoms with Gasteiger partial charge < -0.3 is 9.47 Å². The van der Waals surface area contributed by atoms with E-state index in [2.05, 4.69) is 6.58 Å². The van der Waals surface area contributed by atoms with Crippen LogP contribution in [0.25, 0.3) is 0 Å². The highest BCUT2D eigenvalue weighted by molar-refractivity contribution is 4.80. The van der Waals surface area contributed by atoms with Crippen molar-refractivity contribution in [2.45, 2.75) is 6.92 Å². The number of hydrogen-bond donors (Lipinski definition) is 0. The molecule has 0 heterocycles. The molecule has 0 aromatic rings. The highest BCUT2D eigenvalue weighted by Gasteiger charge is 1.87. The Morgan fingerprint density at radius 3 is 2.62 bits per heavy atom. The van der Waals surface area contributed by atoms with E-state index in [1.54, 1.807) is 7.11 Å². The third kappa shape index (κ3) is 3.68. The van der Waals surface area contributed by atoms with Gasteiger partial charge in [0.15, 0.2) is 0 Å². The molecule has 0 aromatic carbocycles. The normalized spacial score (nSPS) is 8.75. The summed E-state index contributed by atoms with van der Waals surface area (Å²) in [7, 11) is 1.62. The summed E-state index contributed by atoms with van der Waals surface area (Å²) in [6.07, 6.45) is 0. The topological polar surface area (TPSA) is 18.5 Å². The molecule has 0 N–H and O–H groups in total. The number of ether oxygens (including phenoxy) is 2. The Labute approximate surface area is 50.1 Å². The molecule has 0 spiro atoms. The average molecular weight is 116 g/mol. The van der Waals surface area contributed by atoms with E-state index in [0.717, 1.165) is 0 Å². The molecule has 0 aliphatic rings. The van der Waals surface area contributed by atoms with E-state index in [4.69, 9.17) is 9.47 Å². The van der Waals surface area contributed by atoms with Gasteiger partial charge >= 0.3 is 0 Å². The minimum Gasteiger partial charge on any atom is -0.496 e. The molecule has 0 atom stereocenters. The molecule has 0 aliphatic carbocycles. The molecule has 0 unspecified atom stereocenters. The van der Waals surface area contributed by atoms with Gasteiger partial charge in [-0.15, -0.1) is 0 Å². The zero-order chi connectivity index (χ0) is 6.41. The molecule has 0 amide bonds. The predicted molar refractivity (Wildman–Crippen MR) is 32.6 cm³/mol. The van der Waals surface area contributed by atoms with Gasteiger partial charge in [-0.25, -0.2) is 0 Å². The van der Waals surface area contributed by atoms with Gasteiger partial charge in [-0.3, -0.25) is 0 Å². The summed E-state index contributed by atoms with van der Waals surface area (Å²) in [6, 6.07) is 0. The van der Waals surface area contributed by atoms with Crippen molar-refractivity contribution in [2.24, 2.45) is 0 Å². The lowest BCUT2D eigenvalue weighted by molar-refractivity contribution is 0.139. The van der Waals surface area contributed by atoms with Crippen LogP contribution in [0, 0.1) is 0 Å². The molecule has 2 heteroatoms. The van der Waals surface area contributed by atoms with Crippen molar-refractivity contribution in [1.82, 2.24) is 0 Å². The van der Waals surface area contributed by atoms with Crippen LogP contribution in [0.4, 0.5) is 0 Å². The summed E-state index contributed by atoms with van der Waals surface area (Å²) in [5, 5.41) is 0. The second-order valence-corrected chi connectivity index (χ2v) is 1.40. The molecular formula is C6H12O2. The van der Waals surface area contributed by atoms with Crippen molar-refractivity contribution in [1.29, 1.82) is 0 Å². The molecule has 0 aliphatic heterocycles. The summed E-state index contributed by atoms with van der Waals surface area (Å²) >= 11 is 0. The first kappa shape index (κ1) is 7.50. The smallest absolute Gasteiger partial charge is 0.114 e. The molecule has 0 saturated carbocycles. The van der Waals surface area contributed by atoms with Crippen molar-refractivity contribution >= 4 is 0 Å². The third-order valence-corrected chi connectivity index (χ3v) is 0.654. The first-order valence-corrected chi connectivity index (χ1v) is 2.60. The molecule has 48 valence electrons. The minimum atomic E-state index is 0.494. The standard InChI is InChI=1S/C6H12O2/c1-4-8-6(2)5-7-3/h2,4-5H2,1,3H3. The van der Waals surface area contributed by atoms with Crippen LogP contribution in [-0.2, 0) is 9.47 Å². The minimum absolute atomic E-state index is 0.494. The molecule has 2 nitrogen and oxygen atoms in total. The van der Waals surface area contributed by atoms with Crippen LogP contribution < -0.4 is 0 Å². The number of rotatable bonds is 4. The average Bonchev–Trinajstić information content (AvgIpc) is 1.68. The summed E-state index contributed by atoms with van der Waals surface area (Å²) in [5.74, 6) is 0.690. The van der Waals surface area contributed by atoms with Gasteiger partial charge in [0.25, 0.3) is 0 Å². The fourth-order valence-corrected chi connectivity index (χ4v) is 0.407. The van der Waals surface area contributed by atoms with Crippen LogP contribution in [0.3, 0.4) is 0 Å². The molecule has 0 aromatic heterocycles. The Kier molecular flexibility index (Phi) is 4.36. The van der Waals surface area contributed by atoms with E-state index >= 15 is 0 Å². The van der Waals surface area contributed by atoms with Crippen molar-refractivity contribution in [3.05, 3.63) is 12.3 Å². The van der Waals surface area contributed by atoms with Gasteiger partial charge in [-0.1, -0.05) is 6.58 Å². The van der Waals surface area contributed by atoms with Crippen molar-refractivity contribution < 1.29 is 9.47 Å². The summed E-state index contributed by atoms with van der Waals surface area (Å²) in [4.78, 5) is 0. The fourth-order valence-electron chi connectivity index (χ4n) is 0.407. The molecule has 0 saturated heterocycles. The van der Waals surface area contributed by atoms with Crippen LogP contribution in [0.15, 0.2) is 12.3 Å². The summed E-state index contributed by atoms with van der Waals surface area (Å²) in [5.41, 5.74) is 0. The van der Waals surface area contributed by atoms with Crippen molar-refractivity contribution in [3.63, 3.8) is 0 Å². The first-order chi connectivity index (χ1) is 3.81. The van der Waals surface area contributed by atoms with E-state index < -0.39 is 0 Å². The van der Waals surface area contributed by atoms with Crippen LogP contribution in [0.2, 0.25) is 0 Å². The Balaban J connectivity index is 3.06. The van der Waals surface area contributed by atoms with E-state index in [1.807, 2.05) is 6.92 Å². The van der Waals surface area contributed by atoms with E-state index in [-0.39, 0.29) is 0 Å².